The van der Waals surface area contributed by atoms with Gasteiger partial charge in [-0.15, -0.1) is 0 Å². The van der Waals surface area contributed by atoms with Gasteiger partial charge in [0.2, 0.25) is 11.8 Å². The van der Waals surface area contributed by atoms with E-state index in [0.29, 0.717) is 11.9 Å². The predicted molar refractivity (Wildman–Crippen MR) is 89.8 cm³/mol. The first-order valence-electron chi connectivity index (χ1n) is 8.44. The first-order valence-corrected chi connectivity index (χ1v) is 8.44. The Morgan fingerprint density at radius 2 is 2.08 bits per heavy atom. The van der Waals surface area contributed by atoms with Crippen molar-refractivity contribution in [3.8, 4) is 5.88 Å². The minimum Gasteiger partial charge on any atom is -0.481 e. The normalized spacial score (nSPS) is 24.0. The molecule has 4 heterocycles. The Labute approximate surface area is 141 Å². The van der Waals surface area contributed by atoms with E-state index in [2.05, 4.69) is 29.7 Å². The second-order valence-electron chi connectivity index (χ2n) is 6.42. The fourth-order valence-electron chi connectivity index (χ4n) is 3.82. The van der Waals surface area contributed by atoms with Gasteiger partial charge in [-0.3, -0.25) is 14.9 Å². The van der Waals surface area contributed by atoms with Gasteiger partial charge >= 0.3 is 0 Å². The average Bonchev–Trinajstić information content (AvgIpc) is 3.05. The van der Waals surface area contributed by atoms with Crippen molar-refractivity contribution in [2.24, 2.45) is 5.92 Å². The smallest absolute Gasteiger partial charge is 0.228 e. The molecule has 2 aromatic heterocycles. The van der Waals surface area contributed by atoms with Crippen molar-refractivity contribution < 1.29 is 4.74 Å². The minimum atomic E-state index is 0.524. The molecule has 0 radical (unpaired) electrons. The number of methoxy groups -OCH3 is 1. The van der Waals surface area contributed by atoms with Crippen LogP contribution in [0.4, 0.5) is 5.95 Å². The van der Waals surface area contributed by atoms with Crippen molar-refractivity contribution in [1.82, 2.24) is 24.8 Å². The number of fused-ring (bicyclic) bond motifs is 1. The quantitative estimate of drug-likeness (QED) is 0.840. The number of ether oxygens (including phenoxy) is 1. The van der Waals surface area contributed by atoms with Gasteiger partial charge in [0.1, 0.15) is 0 Å². The lowest BCUT2D eigenvalue weighted by Crippen LogP contribution is -2.48. The summed E-state index contributed by atoms with van der Waals surface area (Å²) in [5, 5.41) is 0. The molecule has 0 bridgehead atoms. The number of aromatic nitrogens is 4. The topological polar surface area (TPSA) is 67.3 Å². The van der Waals surface area contributed by atoms with Crippen LogP contribution < -0.4 is 9.64 Å². The van der Waals surface area contributed by atoms with Gasteiger partial charge in [-0.25, -0.2) is 4.98 Å². The summed E-state index contributed by atoms with van der Waals surface area (Å²) in [5.74, 6) is 2.13. The molecule has 0 spiro atoms. The van der Waals surface area contributed by atoms with Crippen molar-refractivity contribution in [2.45, 2.75) is 25.4 Å². The van der Waals surface area contributed by atoms with E-state index in [1.165, 1.54) is 12.8 Å². The number of likely N-dealkylation sites (tertiary alicyclic amines) is 1. The zero-order chi connectivity index (χ0) is 16.4. The Morgan fingerprint density at radius 3 is 2.92 bits per heavy atom. The van der Waals surface area contributed by atoms with Gasteiger partial charge in [0.15, 0.2) is 0 Å². The molecule has 0 aromatic carbocycles. The van der Waals surface area contributed by atoms with Gasteiger partial charge < -0.3 is 9.64 Å². The number of hydrogen-bond donors (Lipinski definition) is 0. The molecule has 2 aliphatic heterocycles. The Hall–Kier alpha value is -2.28. The van der Waals surface area contributed by atoms with E-state index in [1.807, 2.05) is 6.20 Å². The molecule has 2 atom stereocenters. The fraction of sp³-hybridized carbons (Fsp3) is 0.529. The molecule has 2 saturated heterocycles. The van der Waals surface area contributed by atoms with Crippen LogP contribution in [-0.2, 0) is 6.54 Å². The lowest BCUT2D eigenvalue weighted by atomic mass is 9.92. The molecule has 7 nitrogen and oxygen atoms in total. The number of rotatable bonds is 4. The highest BCUT2D eigenvalue weighted by molar-refractivity contribution is 5.33. The van der Waals surface area contributed by atoms with Crippen LogP contribution in [0.2, 0.25) is 0 Å². The number of nitrogens with zero attached hydrogens (tertiary/aromatic N) is 6. The number of anilines is 1. The van der Waals surface area contributed by atoms with Gasteiger partial charge in [0, 0.05) is 56.5 Å². The van der Waals surface area contributed by atoms with E-state index in [1.54, 1.807) is 31.8 Å². The second kappa shape index (κ2) is 6.68. The molecule has 2 aliphatic rings. The monoisotopic (exact) mass is 326 g/mol. The van der Waals surface area contributed by atoms with Crippen molar-refractivity contribution in [3.05, 3.63) is 36.5 Å². The molecule has 0 aliphatic carbocycles. The molecular weight excluding hydrogens is 304 g/mol. The van der Waals surface area contributed by atoms with Crippen LogP contribution >= 0.6 is 0 Å². The van der Waals surface area contributed by atoms with Gasteiger partial charge in [-0.2, -0.15) is 4.98 Å². The van der Waals surface area contributed by atoms with Gasteiger partial charge in [-0.05, 0) is 25.3 Å². The Morgan fingerprint density at radius 1 is 1.17 bits per heavy atom. The lowest BCUT2D eigenvalue weighted by Gasteiger charge is -2.38. The average molecular weight is 326 g/mol. The molecular formula is C17H22N6O. The van der Waals surface area contributed by atoms with Crippen LogP contribution in [0.15, 0.2) is 30.9 Å². The highest BCUT2D eigenvalue weighted by Gasteiger charge is 2.39. The maximum atomic E-state index is 5.23. The van der Waals surface area contributed by atoms with Crippen molar-refractivity contribution >= 4 is 5.95 Å². The molecule has 2 aromatic rings. The summed E-state index contributed by atoms with van der Waals surface area (Å²) >= 11 is 0. The highest BCUT2D eigenvalue weighted by atomic mass is 16.5. The molecule has 4 rings (SSSR count). The predicted octanol–water partition coefficient (Wildman–Crippen LogP) is 1.38. The molecule has 0 N–H and O–H groups in total. The van der Waals surface area contributed by atoms with Crippen LogP contribution in [0.25, 0.3) is 0 Å². The number of piperidine rings is 1. The fourth-order valence-corrected chi connectivity index (χ4v) is 3.82. The molecule has 24 heavy (non-hydrogen) atoms. The van der Waals surface area contributed by atoms with Crippen LogP contribution in [0.1, 0.15) is 18.5 Å². The third kappa shape index (κ3) is 3.03. The van der Waals surface area contributed by atoms with E-state index in [-0.39, 0.29) is 0 Å². The van der Waals surface area contributed by atoms with Gasteiger partial charge in [-0.1, -0.05) is 0 Å². The van der Waals surface area contributed by atoms with E-state index >= 15 is 0 Å². The van der Waals surface area contributed by atoms with E-state index in [4.69, 9.17) is 4.74 Å². The third-order valence-electron chi connectivity index (χ3n) is 5.07. The van der Waals surface area contributed by atoms with Crippen LogP contribution in [0, 0.1) is 5.92 Å². The summed E-state index contributed by atoms with van der Waals surface area (Å²) in [6, 6.07) is 2.31. The Balaban J connectivity index is 1.48. The van der Waals surface area contributed by atoms with Gasteiger partial charge in [0.25, 0.3) is 0 Å². The van der Waals surface area contributed by atoms with Crippen LogP contribution in [-0.4, -0.2) is 57.6 Å². The Kier molecular flexibility index (Phi) is 4.25. The molecule has 0 amide bonds. The van der Waals surface area contributed by atoms with Crippen molar-refractivity contribution in [1.29, 1.82) is 0 Å². The van der Waals surface area contributed by atoms with Crippen molar-refractivity contribution in [2.75, 3.05) is 31.6 Å². The first kappa shape index (κ1) is 15.3. The van der Waals surface area contributed by atoms with Crippen LogP contribution in [0.3, 0.4) is 0 Å². The van der Waals surface area contributed by atoms with E-state index < -0.39 is 0 Å². The van der Waals surface area contributed by atoms with Crippen molar-refractivity contribution in [3.63, 3.8) is 0 Å². The molecule has 2 fully saturated rings. The minimum absolute atomic E-state index is 0.524. The molecule has 0 saturated carbocycles. The summed E-state index contributed by atoms with van der Waals surface area (Å²) in [4.78, 5) is 22.3. The molecule has 2 unspecified atom stereocenters. The van der Waals surface area contributed by atoms with Gasteiger partial charge in [0.05, 0.1) is 12.8 Å². The molecule has 7 heteroatoms. The Bertz CT molecular complexity index is 682. The SMILES string of the molecule is COc1ccnc(N2CCC3CCN(Cc4cnccn4)C3C2)n1. The number of hydrogen-bond acceptors (Lipinski definition) is 7. The van der Waals surface area contributed by atoms with E-state index in [9.17, 15) is 0 Å². The summed E-state index contributed by atoms with van der Waals surface area (Å²) < 4.78 is 5.23. The zero-order valence-electron chi connectivity index (χ0n) is 13.9. The summed E-state index contributed by atoms with van der Waals surface area (Å²) in [7, 11) is 1.64. The third-order valence-corrected chi connectivity index (χ3v) is 5.07. The summed E-state index contributed by atoms with van der Waals surface area (Å²) in [6.07, 6.45) is 9.55. The second-order valence-corrected chi connectivity index (χ2v) is 6.42. The zero-order valence-corrected chi connectivity index (χ0v) is 13.9. The van der Waals surface area contributed by atoms with Crippen LogP contribution in [0.5, 0.6) is 5.88 Å². The molecule has 126 valence electrons. The maximum Gasteiger partial charge on any atom is 0.228 e. The largest absolute Gasteiger partial charge is 0.481 e. The lowest BCUT2D eigenvalue weighted by molar-refractivity contribution is 0.197. The highest BCUT2D eigenvalue weighted by Crippen LogP contribution is 2.33. The standard InChI is InChI=1S/C17H22N6O/c1-24-16-2-5-20-17(21-16)23-9-4-13-3-8-22(15(13)12-23)11-14-10-18-6-7-19-14/h2,5-7,10,13,15H,3-4,8-9,11-12H2,1H3. The first-order chi connectivity index (χ1) is 11.8. The summed E-state index contributed by atoms with van der Waals surface area (Å²) in [5.41, 5.74) is 1.04. The summed E-state index contributed by atoms with van der Waals surface area (Å²) in [6.45, 7) is 3.95. The maximum absolute atomic E-state index is 5.23. The van der Waals surface area contributed by atoms with E-state index in [0.717, 1.165) is 43.7 Å².